The fraction of sp³-hybridized carbons (Fsp3) is 0.214. The third kappa shape index (κ3) is 4.79. The molecule has 0 radical (unpaired) electrons. The third-order valence-corrected chi connectivity index (χ3v) is 4.90. The van der Waals surface area contributed by atoms with E-state index in [1.165, 1.54) is 25.4 Å². The van der Waals surface area contributed by atoms with E-state index >= 15 is 0 Å². The Morgan fingerprint density at radius 2 is 1.87 bits per heavy atom. The minimum Gasteiger partial charge on any atom is -0.387 e. The van der Waals surface area contributed by atoms with Crippen LogP contribution in [0, 0.1) is 0 Å². The molecule has 0 aliphatic rings. The molecule has 2 aromatic rings. The topological polar surface area (TPSA) is 91.3 Å². The highest BCUT2D eigenvalue weighted by Crippen LogP contribution is 2.23. The van der Waals surface area contributed by atoms with E-state index < -0.39 is 16.1 Å². The van der Waals surface area contributed by atoms with Crippen molar-refractivity contribution < 1.29 is 13.5 Å². The average molecular weight is 376 g/mol. The van der Waals surface area contributed by atoms with Gasteiger partial charge in [-0.3, -0.25) is 0 Å². The SMILES string of the molecule is CNS(=O)(=O)c1ccc(NCC(O)c2cc(Cl)cc(Cl)c2)nc1. The number of aliphatic hydroxyl groups excluding tert-OH is 1. The van der Waals surface area contributed by atoms with Crippen molar-refractivity contribution in [2.75, 3.05) is 18.9 Å². The van der Waals surface area contributed by atoms with Crippen molar-refractivity contribution in [3.05, 3.63) is 52.1 Å². The second kappa shape index (κ2) is 7.46. The Morgan fingerprint density at radius 1 is 1.22 bits per heavy atom. The van der Waals surface area contributed by atoms with E-state index in [0.717, 1.165) is 0 Å². The summed E-state index contributed by atoms with van der Waals surface area (Å²) in [5.74, 6) is 0.437. The predicted molar refractivity (Wildman–Crippen MR) is 90.4 cm³/mol. The molecule has 3 N–H and O–H groups in total. The number of aromatic nitrogens is 1. The first-order chi connectivity index (χ1) is 10.8. The molecule has 1 atom stereocenters. The van der Waals surface area contributed by atoms with Gasteiger partial charge in [0.15, 0.2) is 0 Å². The van der Waals surface area contributed by atoms with Gasteiger partial charge in [-0.25, -0.2) is 18.1 Å². The quantitative estimate of drug-likeness (QED) is 0.721. The second-order valence-corrected chi connectivity index (χ2v) is 7.45. The highest BCUT2D eigenvalue weighted by atomic mass is 35.5. The van der Waals surface area contributed by atoms with E-state index in [4.69, 9.17) is 23.2 Å². The summed E-state index contributed by atoms with van der Waals surface area (Å²) in [5.41, 5.74) is 0.574. The first-order valence-electron chi connectivity index (χ1n) is 6.59. The van der Waals surface area contributed by atoms with Crippen molar-refractivity contribution in [1.82, 2.24) is 9.71 Å². The Bertz CT molecular complexity index is 762. The molecular weight excluding hydrogens is 361 g/mol. The van der Waals surface area contributed by atoms with Gasteiger partial charge in [0.05, 0.1) is 6.10 Å². The van der Waals surface area contributed by atoms with Crippen molar-refractivity contribution in [2.45, 2.75) is 11.0 Å². The van der Waals surface area contributed by atoms with Crippen LogP contribution >= 0.6 is 23.2 Å². The molecule has 0 saturated carbocycles. The number of halogens is 2. The van der Waals surface area contributed by atoms with Crippen LogP contribution in [0.2, 0.25) is 10.0 Å². The van der Waals surface area contributed by atoms with E-state index in [-0.39, 0.29) is 11.4 Å². The van der Waals surface area contributed by atoms with Crippen LogP contribution in [-0.2, 0) is 10.0 Å². The number of hydrogen-bond donors (Lipinski definition) is 3. The monoisotopic (exact) mass is 375 g/mol. The highest BCUT2D eigenvalue weighted by Gasteiger charge is 2.12. The van der Waals surface area contributed by atoms with Gasteiger partial charge >= 0.3 is 0 Å². The molecule has 124 valence electrons. The maximum absolute atomic E-state index is 11.6. The smallest absolute Gasteiger partial charge is 0.241 e. The lowest BCUT2D eigenvalue weighted by Crippen LogP contribution is -2.19. The number of benzene rings is 1. The maximum Gasteiger partial charge on any atom is 0.241 e. The molecule has 0 aliphatic heterocycles. The summed E-state index contributed by atoms with van der Waals surface area (Å²) >= 11 is 11.8. The largest absolute Gasteiger partial charge is 0.387 e. The summed E-state index contributed by atoms with van der Waals surface area (Å²) in [6, 6.07) is 7.76. The van der Waals surface area contributed by atoms with Crippen molar-refractivity contribution in [1.29, 1.82) is 0 Å². The molecule has 1 aromatic carbocycles. The van der Waals surface area contributed by atoms with Crippen molar-refractivity contribution in [2.24, 2.45) is 0 Å². The van der Waals surface area contributed by atoms with Gasteiger partial charge in [-0.2, -0.15) is 0 Å². The summed E-state index contributed by atoms with van der Waals surface area (Å²) in [7, 11) is -2.19. The van der Waals surface area contributed by atoms with Gasteiger partial charge in [-0.05, 0) is 42.9 Å². The number of sulfonamides is 1. The van der Waals surface area contributed by atoms with Gasteiger partial charge in [0.2, 0.25) is 10.0 Å². The summed E-state index contributed by atoms with van der Waals surface area (Å²) in [6.07, 6.45) is 0.394. The molecule has 0 spiro atoms. The molecule has 0 bridgehead atoms. The normalized spacial score (nSPS) is 12.9. The minimum atomic E-state index is -3.52. The summed E-state index contributed by atoms with van der Waals surface area (Å²) in [6.45, 7) is 0.168. The Kier molecular flexibility index (Phi) is 5.83. The zero-order valence-electron chi connectivity index (χ0n) is 12.1. The zero-order chi connectivity index (χ0) is 17.0. The van der Waals surface area contributed by atoms with Crippen LogP contribution in [0.15, 0.2) is 41.4 Å². The number of pyridine rings is 1. The number of hydrogen-bond acceptors (Lipinski definition) is 5. The maximum atomic E-state index is 11.6. The fourth-order valence-corrected chi connectivity index (χ4v) is 3.07. The molecule has 1 aromatic heterocycles. The molecule has 0 amide bonds. The van der Waals surface area contributed by atoms with Gasteiger partial charge in [0.1, 0.15) is 10.7 Å². The Morgan fingerprint density at radius 3 is 2.39 bits per heavy atom. The molecule has 6 nitrogen and oxygen atoms in total. The molecule has 1 unspecified atom stereocenters. The van der Waals surface area contributed by atoms with Gasteiger partial charge in [-0.15, -0.1) is 0 Å². The first kappa shape index (κ1) is 18.0. The third-order valence-electron chi connectivity index (χ3n) is 3.06. The van der Waals surface area contributed by atoms with E-state index in [1.54, 1.807) is 18.2 Å². The lowest BCUT2D eigenvalue weighted by Gasteiger charge is -2.13. The molecular formula is C14H15Cl2N3O3S. The minimum absolute atomic E-state index is 0.0627. The van der Waals surface area contributed by atoms with Crippen LogP contribution < -0.4 is 10.0 Å². The number of anilines is 1. The van der Waals surface area contributed by atoms with Crippen molar-refractivity contribution in [3.63, 3.8) is 0 Å². The molecule has 1 heterocycles. The number of rotatable bonds is 6. The lowest BCUT2D eigenvalue weighted by atomic mass is 10.1. The molecule has 23 heavy (non-hydrogen) atoms. The number of aliphatic hydroxyl groups is 1. The summed E-state index contributed by atoms with van der Waals surface area (Å²) in [4.78, 5) is 4.06. The van der Waals surface area contributed by atoms with E-state index in [9.17, 15) is 13.5 Å². The van der Waals surface area contributed by atoms with Crippen LogP contribution in [-0.4, -0.2) is 32.1 Å². The number of nitrogens with one attached hydrogen (secondary N) is 2. The molecule has 9 heteroatoms. The van der Waals surface area contributed by atoms with Crippen LogP contribution in [0.25, 0.3) is 0 Å². The Balaban J connectivity index is 2.03. The van der Waals surface area contributed by atoms with Gasteiger partial charge < -0.3 is 10.4 Å². The van der Waals surface area contributed by atoms with Crippen molar-refractivity contribution in [3.8, 4) is 0 Å². The fourth-order valence-electron chi connectivity index (χ4n) is 1.85. The van der Waals surface area contributed by atoms with Gasteiger partial charge in [-0.1, -0.05) is 23.2 Å². The molecule has 0 fully saturated rings. The van der Waals surface area contributed by atoms with Crippen molar-refractivity contribution >= 4 is 39.0 Å². The van der Waals surface area contributed by atoms with E-state index in [2.05, 4.69) is 15.0 Å². The molecule has 0 saturated heterocycles. The molecule has 0 aliphatic carbocycles. The standard InChI is InChI=1S/C14H15Cl2N3O3S/c1-17-23(21,22)12-2-3-14(18-7-12)19-8-13(20)9-4-10(15)6-11(16)5-9/h2-7,13,17,20H,8H2,1H3,(H,18,19). The Hall–Kier alpha value is -1.38. The van der Waals surface area contributed by atoms with E-state index in [0.29, 0.717) is 21.4 Å². The van der Waals surface area contributed by atoms with Crippen LogP contribution in [0.3, 0.4) is 0 Å². The Labute approximate surface area is 144 Å². The predicted octanol–water partition coefficient (Wildman–Crippen LogP) is 2.44. The van der Waals surface area contributed by atoms with Gasteiger partial charge in [0, 0.05) is 22.8 Å². The highest BCUT2D eigenvalue weighted by molar-refractivity contribution is 7.89. The summed E-state index contributed by atoms with van der Waals surface area (Å²) < 4.78 is 25.4. The number of nitrogens with zero attached hydrogens (tertiary/aromatic N) is 1. The van der Waals surface area contributed by atoms with Crippen LogP contribution in [0.4, 0.5) is 5.82 Å². The zero-order valence-corrected chi connectivity index (χ0v) is 14.5. The summed E-state index contributed by atoms with van der Waals surface area (Å²) in [5, 5.41) is 13.9. The lowest BCUT2D eigenvalue weighted by molar-refractivity contribution is 0.191. The van der Waals surface area contributed by atoms with Crippen LogP contribution in [0.5, 0.6) is 0 Å². The van der Waals surface area contributed by atoms with Crippen LogP contribution in [0.1, 0.15) is 11.7 Å². The second-order valence-electron chi connectivity index (χ2n) is 4.69. The first-order valence-corrected chi connectivity index (χ1v) is 8.83. The van der Waals surface area contributed by atoms with Gasteiger partial charge in [0.25, 0.3) is 0 Å². The average Bonchev–Trinajstić information content (AvgIpc) is 2.52. The van der Waals surface area contributed by atoms with E-state index in [1.807, 2.05) is 0 Å². The molecule has 2 rings (SSSR count).